The van der Waals surface area contributed by atoms with Crippen LogP contribution in [0.25, 0.3) is 0 Å². The standard InChI is InChI=1S/C2H5Br6NS2/c1-2-9(10(3,4)5)11(6,7)8/h2H2,1H3. The monoisotopic (exact) mass is 580 g/mol. The van der Waals surface area contributed by atoms with Crippen LogP contribution < -0.4 is 0 Å². The van der Waals surface area contributed by atoms with Crippen molar-refractivity contribution >= 4 is 99.9 Å². The van der Waals surface area contributed by atoms with Crippen molar-refractivity contribution < 1.29 is 0 Å². The molecule has 9 heteroatoms. The third kappa shape index (κ3) is 5.86. The van der Waals surface area contributed by atoms with Crippen molar-refractivity contribution in [1.29, 1.82) is 0 Å². The summed E-state index contributed by atoms with van der Waals surface area (Å²) in [6.45, 7) is 2.99. The van der Waals surface area contributed by atoms with E-state index in [4.69, 9.17) is 0 Å². The number of hydrogen-bond donors (Lipinski definition) is 0. The maximum Gasteiger partial charge on any atom is 0.0189 e. The predicted octanol–water partition coefficient (Wildman–Crippen LogP) is 6.61. The zero-order valence-electron chi connectivity index (χ0n) is 5.24. The Morgan fingerprint density at radius 2 is 1.18 bits per heavy atom. The van der Waals surface area contributed by atoms with Gasteiger partial charge in [-0.25, -0.2) is 0 Å². The first kappa shape index (κ1) is 14.5. The van der Waals surface area contributed by atoms with Gasteiger partial charge in [0.05, 0.1) is 0 Å². The number of rotatable bonds is 3. The molecular formula is C2H5Br6NS2. The van der Waals surface area contributed by atoms with E-state index < -0.39 is 11.0 Å². The molecule has 0 radical (unpaired) electrons. The summed E-state index contributed by atoms with van der Waals surface area (Å²) in [5.41, 5.74) is -2.41. The summed E-state index contributed by atoms with van der Waals surface area (Å²) in [5, 5.41) is 0. The van der Waals surface area contributed by atoms with Crippen LogP contribution in [0, 0.1) is 0 Å². The molecule has 0 N–H and O–H groups in total. The molecule has 0 amide bonds. The highest BCUT2D eigenvalue weighted by Gasteiger charge is 2.32. The summed E-state index contributed by atoms with van der Waals surface area (Å²) < 4.78 is 2.17. The molecule has 0 aliphatic rings. The maximum atomic E-state index is 3.51. The first-order valence-corrected chi connectivity index (χ1v) is 16.6. The van der Waals surface area contributed by atoms with Crippen molar-refractivity contribution in [2.24, 2.45) is 0 Å². The van der Waals surface area contributed by atoms with Crippen molar-refractivity contribution in [2.45, 2.75) is 6.92 Å². The molecule has 0 aliphatic heterocycles. The van der Waals surface area contributed by atoms with Crippen molar-refractivity contribution in [3.63, 3.8) is 0 Å². The number of nitrogens with zero attached hydrogens (tertiary/aromatic N) is 1. The molecule has 1 nitrogen and oxygen atoms in total. The fourth-order valence-corrected chi connectivity index (χ4v) is 27.9. The van der Waals surface area contributed by atoms with Gasteiger partial charge in [-0.2, -0.15) is 3.71 Å². The zero-order chi connectivity index (χ0) is 9.28. The molecule has 72 valence electrons. The molecular weight excluding hydrogens is 582 g/mol. The quantitative estimate of drug-likeness (QED) is 0.360. The van der Waals surface area contributed by atoms with E-state index >= 15 is 0 Å². The van der Waals surface area contributed by atoms with Crippen LogP contribution in [0.15, 0.2) is 0 Å². The molecule has 0 heterocycles. The van der Waals surface area contributed by atoms with Crippen molar-refractivity contribution in [3.8, 4) is 0 Å². The molecule has 0 aromatic heterocycles. The largest absolute Gasteiger partial charge is 0.177 e. The van der Waals surface area contributed by atoms with Crippen LogP contribution in [0.2, 0.25) is 0 Å². The third-order valence-corrected chi connectivity index (χ3v) is 13.2. The minimum absolute atomic E-state index is 0.911. The van der Waals surface area contributed by atoms with Gasteiger partial charge in [-0.05, 0) is 0 Å². The topological polar surface area (TPSA) is 3.24 Å². The van der Waals surface area contributed by atoms with E-state index in [0.717, 1.165) is 6.54 Å². The van der Waals surface area contributed by atoms with E-state index in [1.165, 1.54) is 0 Å². The minimum Gasteiger partial charge on any atom is -0.177 e. The molecule has 0 aliphatic carbocycles. The smallest absolute Gasteiger partial charge is 0.0189 e. The second-order valence-corrected chi connectivity index (χ2v) is 36.6. The molecule has 0 saturated carbocycles. The summed E-state index contributed by atoms with van der Waals surface area (Å²) in [4.78, 5) is 0. The molecule has 0 bridgehead atoms. The lowest BCUT2D eigenvalue weighted by molar-refractivity contribution is 0.798. The summed E-state index contributed by atoms with van der Waals surface area (Å²) in [5.74, 6) is 0. The highest BCUT2D eigenvalue weighted by molar-refractivity contribution is 10.2. The molecule has 0 spiro atoms. The fourth-order valence-electron chi connectivity index (χ4n) is 0.389. The van der Waals surface area contributed by atoms with E-state index in [2.05, 4.69) is 99.5 Å². The van der Waals surface area contributed by atoms with Gasteiger partial charge in [0.25, 0.3) is 0 Å². The van der Waals surface area contributed by atoms with Crippen LogP contribution in [-0.2, 0) is 0 Å². The first-order valence-electron chi connectivity index (χ1n) is 2.31. The molecule has 0 saturated heterocycles. The lowest BCUT2D eigenvalue weighted by Crippen LogP contribution is -2.12. The van der Waals surface area contributed by atoms with Gasteiger partial charge >= 0.3 is 0 Å². The van der Waals surface area contributed by atoms with Crippen molar-refractivity contribution in [3.05, 3.63) is 0 Å². The van der Waals surface area contributed by atoms with Gasteiger partial charge in [0, 0.05) is 106 Å². The van der Waals surface area contributed by atoms with Crippen molar-refractivity contribution in [2.75, 3.05) is 6.54 Å². The normalized spacial score (nSPS) is 17.1. The molecule has 11 heavy (non-hydrogen) atoms. The minimum atomic E-state index is -1.21. The Balaban J connectivity index is 4.43. The van der Waals surface area contributed by atoms with Gasteiger partial charge in [-0.3, -0.25) is 0 Å². The zero-order valence-corrected chi connectivity index (χ0v) is 16.4. The fraction of sp³-hybridized carbons (Fsp3) is 1.00. The Hall–Kier alpha value is 3.54. The van der Waals surface area contributed by atoms with Gasteiger partial charge < -0.3 is 0 Å². The van der Waals surface area contributed by atoms with E-state index in [1.807, 2.05) is 0 Å². The maximum absolute atomic E-state index is 3.51. The van der Waals surface area contributed by atoms with E-state index in [0.29, 0.717) is 0 Å². The number of halogens is 6. The Labute approximate surface area is 115 Å². The van der Waals surface area contributed by atoms with Crippen LogP contribution in [0.1, 0.15) is 6.92 Å². The van der Waals surface area contributed by atoms with E-state index in [9.17, 15) is 0 Å². The first-order chi connectivity index (χ1) is 4.69. The SMILES string of the molecule is CCN(S(Br)(Br)Br)S(Br)(Br)Br. The highest BCUT2D eigenvalue weighted by Crippen LogP contribution is 2.86. The molecule has 0 unspecified atom stereocenters. The van der Waals surface area contributed by atoms with Gasteiger partial charge in [0.1, 0.15) is 0 Å². The summed E-state index contributed by atoms with van der Waals surface area (Å²) >= 11 is 21.1. The Morgan fingerprint density at radius 1 is 0.909 bits per heavy atom. The average molecular weight is 587 g/mol. The number of hydrogen-bond acceptors (Lipinski definition) is 1. The Morgan fingerprint density at radius 3 is 1.18 bits per heavy atom. The summed E-state index contributed by atoms with van der Waals surface area (Å²) in [6, 6.07) is 0. The Kier molecular flexibility index (Phi) is 7.37. The lowest BCUT2D eigenvalue weighted by Gasteiger charge is -2.40. The van der Waals surface area contributed by atoms with Crippen LogP contribution in [-0.4, -0.2) is 10.3 Å². The van der Waals surface area contributed by atoms with E-state index in [1.54, 1.807) is 0 Å². The van der Waals surface area contributed by atoms with E-state index in [-0.39, 0.29) is 0 Å². The molecule has 0 rings (SSSR count). The van der Waals surface area contributed by atoms with Crippen LogP contribution in [0.4, 0.5) is 0 Å². The van der Waals surface area contributed by atoms with Crippen LogP contribution in [0.5, 0.6) is 0 Å². The highest BCUT2D eigenvalue weighted by atomic mass is 80.0. The molecule has 0 atom stereocenters. The third-order valence-electron chi connectivity index (χ3n) is 0.720. The molecule has 0 aromatic rings. The van der Waals surface area contributed by atoms with Gasteiger partial charge in [-0.1, -0.05) is 6.92 Å². The lowest BCUT2D eigenvalue weighted by atomic mass is 10.8. The second-order valence-electron chi connectivity index (χ2n) is 1.41. The molecule has 0 fully saturated rings. The van der Waals surface area contributed by atoms with Gasteiger partial charge in [-0.15, -0.1) is 0 Å². The second kappa shape index (κ2) is 5.58. The summed E-state index contributed by atoms with van der Waals surface area (Å²) in [6.07, 6.45) is 0. The predicted molar refractivity (Wildman–Crippen MR) is 81.1 cm³/mol. The van der Waals surface area contributed by atoms with Crippen molar-refractivity contribution in [1.82, 2.24) is 3.71 Å². The summed E-state index contributed by atoms with van der Waals surface area (Å²) in [7, 11) is 0. The Bertz CT molecular complexity index is 114. The molecule has 0 aromatic carbocycles. The van der Waals surface area contributed by atoms with Crippen LogP contribution >= 0.6 is 99.9 Å². The van der Waals surface area contributed by atoms with Gasteiger partial charge in [0.15, 0.2) is 0 Å². The average Bonchev–Trinajstić information content (AvgIpc) is 1.56. The van der Waals surface area contributed by atoms with Gasteiger partial charge in [0.2, 0.25) is 0 Å². The van der Waals surface area contributed by atoms with Crippen LogP contribution in [0.3, 0.4) is 0 Å².